The highest BCUT2D eigenvalue weighted by Gasteiger charge is 2.85. The second kappa shape index (κ2) is 15.6. The van der Waals surface area contributed by atoms with Crippen molar-refractivity contribution in [1.82, 2.24) is 0 Å². The number of hydrogen-bond acceptors (Lipinski definition) is 10. The van der Waals surface area contributed by atoms with Crippen molar-refractivity contribution in [3.05, 3.63) is 22.2 Å². The number of alkyl halides is 4. The van der Waals surface area contributed by atoms with Crippen LogP contribution in [0.15, 0.2) is 22.2 Å². The topological polar surface area (TPSA) is 208 Å². The number of carboxylic acids is 2. The summed E-state index contributed by atoms with van der Waals surface area (Å²) in [7, 11) is 0. The zero-order valence-electron chi connectivity index (χ0n) is 18.5. The highest BCUT2D eigenvalue weighted by Crippen LogP contribution is 2.76. The molecular weight excluding hydrogens is 633 g/mol. The van der Waals surface area contributed by atoms with Crippen LogP contribution in [0.1, 0.15) is 0 Å². The van der Waals surface area contributed by atoms with Gasteiger partial charge >= 0.3 is 23.9 Å². The molecule has 1 fully saturated rings. The van der Waals surface area contributed by atoms with Crippen molar-refractivity contribution >= 4 is 93.5 Å². The van der Waals surface area contributed by atoms with Crippen molar-refractivity contribution in [2.75, 3.05) is 39.6 Å². The Morgan fingerprint density at radius 1 is 0.757 bits per heavy atom. The number of allylic oxidation sites excluding steroid dienone is 2. The molecule has 0 saturated heterocycles. The van der Waals surface area contributed by atoms with E-state index in [1.807, 2.05) is 0 Å². The number of fused-ring (bicyclic) bond motifs is 2. The molecule has 1 saturated carbocycles. The number of hydrogen-bond donors (Lipinski definition) is 6. The second-order valence-corrected chi connectivity index (χ2v) is 10.1. The molecule has 6 N–H and O–H groups in total. The standard InChI is InChI=1S/C9H4Cl6O4.C4H2O3.C4H10O3.C2H6O2/c10-3-4(11)8(13)2(6(18)19)1(5(16)17)7(3,12)9(8,14)15;5-3-1-2-4(6)7-3;5-1-3-7-4-2-6;3-1-2-4/h1-2H,(H,16,17)(H,18,19);1-2H;5-6H,1-4H2;3-4H,1-2H2. The van der Waals surface area contributed by atoms with Gasteiger partial charge in [-0.2, -0.15) is 0 Å². The van der Waals surface area contributed by atoms with E-state index in [0.717, 1.165) is 12.2 Å². The second-order valence-electron chi connectivity index (χ2n) is 6.84. The fourth-order valence-corrected chi connectivity index (χ4v) is 6.07. The molecule has 4 atom stereocenters. The van der Waals surface area contributed by atoms with Crippen LogP contribution in [0.2, 0.25) is 0 Å². The van der Waals surface area contributed by atoms with E-state index in [2.05, 4.69) is 9.47 Å². The van der Waals surface area contributed by atoms with Crippen LogP contribution in [-0.2, 0) is 28.7 Å². The van der Waals surface area contributed by atoms with Crippen LogP contribution in [0.5, 0.6) is 0 Å². The Morgan fingerprint density at radius 2 is 1.08 bits per heavy atom. The van der Waals surface area contributed by atoms with Crippen molar-refractivity contribution < 1.29 is 59.3 Å². The number of aliphatic hydroxyl groups is 4. The van der Waals surface area contributed by atoms with E-state index in [1.54, 1.807) is 0 Å². The number of cyclic esters (lactones) is 2. The summed E-state index contributed by atoms with van der Waals surface area (Å²) in [6, 6.07) is 0. The van der Waals surface area contributed by atoms with E-state index in [9.17, 15) is 29.4 Å². The first kappa shape index (κ1) is 36.1. The normalized spacial score (nSPS) is 28.4. The first-order chi connectivity index (χ1) is 17.1. The van der Waals surface area contributed by atoms with Gasteiger partial charge in [-0.05, 0) is 0 Å². The summed E-state index contributed by atoms with van der Waals surface area (Å²) in [6.45, 7) is 0.446. The van der Waals surface area contributed by atoms with Crippen LogP contribution in [0.4, 0.5) is 0 Å². The number of carboxylic acid groups (broad SMARTS) is 2. The maximum atomic E-state index is 11.3. The SMILES string of the molecule is O=C(O)C1C(C(=O)O)C2(Cl)C(Cl)=C(Cl)C1(Cl)C2(Cl)Cl.O=C1C=CC(=O)O1.OCCO.OCCOCCO. The quantitative estimate of drug-likeness (QED) is 0.0976. The number of aliphatic carboxylic acids is 2. The molecule has 0 aromatic carbocycles. The molecule has 2 aliphatic carbocycles. The number of ether oxygens (including phenoxy) is 2. The van der Waals surface area contributed by atoms with Gasteiger partial charge < -0.3 is 40.1 Å². The molecule has 0 radical (unpaired) electrons. The van der Waals surface area contributed by atoms with E-state index >= 15 is 0 Å². The Labute approximate surface area is 239 Å². The van der Waals surface area contributed by atoms with Crippen molar-refractivity contribution in [3.63, 3.8) is 0 Å². The minimum Gasteiger partial charge on any atom is -0.481 e. The van der Waals surface area contributed by atoms with Crippen molar-refractivity contribution in [1.29, 1.82) is 0 Å². The van der Waals surface area contributed by atoms with Crippen LogP contribution in [0.3, 0.4) is 0 Å². The lowest BCUT2D eigenvalue weighted by molar-refractivity contribution is -0.153. The molecule has 37 heavy (non-hydrogen) atoms. The van der Waals surface area contributed by atoms with Crippen LogP contribution in [-0.4, -0.2) is 108 Å². The third-order valence-corrected chi connectivity index (χ3v) is 8.85. The number of aliphatic hydroxyl groups excluding tert-OH is 4. The molecule has 1 aliphatic heterocycles. The maximum absolute atomic E-state index is 11.3. The third-order valence-electron chi connectivity index (χ3n) is 4.60. The molecule has 0 spiro atoms. The lowest BCUT2D eigenvalue weighted by Gasteiger charge is -2.31. The van der Waals surface area contributed by atoms with Gasteiger partial charge in [0.25, 0.3) is 0 Å². The Balaban J connectivity index is 0.000000589. The maximum Gasteiger partial charge on any atom is 0.338 e. The molecule has 0 aromatic rings. The first-order valence-corrected chi connectivity index (χ1v) is 12.1. The predicted octanol–water partition coefficient (Wildman–Crippen LogP) is 0.818. The molecular formula is C19H22Cl6O12. The molecule has 1 heterocycles. The van der Waals surface area contributed by atoms with Gasteiger partial charge in [0.1, 0.15) is 9.75 Å². The fraction of sp³-hybridized carbons (Fsp3) is 0.579. The molecule has 2 bridgehead atoms. The van der Waals surface area contributed by atoms with Crippen LogP contribution in [0, 0.1) is 11.8 Å². The monoisotopic (exact) mass is 652 g/mol. The van der Waals surface area contributed by atoms with E-state index < -0.39 is 49.8 Å². The van der Waals surface area contributed by atoms with Crippen molar-refractivity contribution in [2.24, 2.45) is 11.8 Å². The summed E-state index contributed by atoms with van der Waals surface area (Å²) in [5.41, 5.74) is 0. The lowest BCUT2D eigenvalue weighted by Crippen LogP contribution is -2.45. The molecule has 3 rings (SSSR count). The molecule has 4 unspecified atom stereocenters. The van der Waals surface area contributed by atoms with Gasteiger partial charge in [-0.25, -0.2) is 9.59 Å². The summed E-state index contributed by atoms with van der Waals surface area (Å²) in [5.74, 6) is -7.64. The summed E-state index contributed by atoms with van der Waals surface area (Å²) < 4.78 is 6.43. The van der Waals surface area contributed by atoms with Gasteiger partial charge in [0, 0.05) is 12.2 Å². The Hall–Kier alpha value is -0.900. The zero-order valence-corrected chi connectivity index (χ0v) is 23.0. The summed E-state index contributed by atoms with van der Waals surface area (Å²) in [6.07, 6.45) is 2.17. The van der Waals surface area contributed by atoms with Gasteiger partial charge in [-0.3, -0.25) is 9.59 Å². The van der Waals surface area contributed by atoms with Gasteiger partial charge in [-0.1, -0.05) is 46.4 Å². The van der Waals surface area contributed by atoms with Crippen molar-refractivity contribution in [3.8, 4) is 0 Å². The van der Waals surface area contributed by atoms with E-state index in [4.69, 9.17) is 90.0 Å². The molecule has 212 valence electrons. The molecule has 3 aliphatic rings. The van der Waals surface area contributed by atoms with Gasteiger partial charge in [0.2, 0.25) is 0 Å². The first-order valence-electron chi connectivity index (χ1n) is 9.80. The number of carbonyl (C=O) groups is 4. The van der Waals surface area contributed by atoms with Gasteiger partial charge in [0.15, 0.2) is 4.33 Å². The average Bonchev–Trinajstić information content (AvgIpc) is 3.31. The van der Waals surface area contributed by atoms with Crippen LogP contribution >= 0.6 is 69.6 Å². The predicted molar refractivity (Wildman–Crippen MR) is 132 cm³/mol. The average molecular weight is 655 g/mol. The molecule has 0 aromatic heterocycles. The summed E-state index contributed by atoms with van der Waals surface area (Å²) in [5, 5.41) is 49.2. The van der Waals surface area contributed by atoms with E-state index in [-0.39, 0.29) is 36.5 Å². The Bertz CT molecular complexity index is 844. The van der Waals surface area contributed by atoms with Crippen molar-refractivity contribution in [2.45, 2.75) is 14.1 Å². The number of halogens is 6. The Kier molecular flexibility index (Phi) is 15.3. The number of esters is 2. The smallest absolute Gasteiger partial charge is 0.338 e. The molecule has 0 amide bonds. The summed E-state index contributed by atoms with van der Waals surface area (Å²) >= 11 is 36.2. The van der Waals surface area contributed by atoms with Gasteiger partial charge in [-0.15, -0.1) is 23.2 Å². The number of rotatable bonds is 7. The minimum atomic E-state index is -2.18. The molecule has 18 heteroatoms. The lowest BCUT2D eigenvalue weighted by atomic mass is 9.82. The largest absolute Gasteiger partial charge is 0.481 e. The third kappa shape index (κ3) is 7.61. The summed E-state index contributed by atoms with van der Waals surface area (Å²) in [4.78, 5) is 38.3. The number of carbonyl (C=O) groups excluding carboxylic acids is 2. The van der Waals surface area contributed by atoms with Gasteiger partial charge in [0.05, 0.1) is 61.5 Å². The highest BCUT2D eigenvalue weighted by atomic mass is 35.5. The van der Waals surface area contributed by atoms with E-state index in [0.29, 0.717) is 13.2 Å². The Morgan fingerprint density at radius 3 is 1.27 bits per heavy atom. The fourth-order valence-electron chi connectivity index (χ4n) is 3.14. The minimum absolute atomic E-state index is 0.0278. The zero-order chi connectivity index (χ0) is 29.2. The van der Waals surface area contributed by atoms with Crippen LogP contribution in [0.25, 0.3) is 0 Å². The molecule has 12 nitrogen and oxygen atoms in total. The van der Waals surface area contributed by atoms with Crippen LogP contribution < -0.4 is 0 Å². The van der Waals surface area contributed by atoms with E-state index in [1.165, 1.54) is 0 Å². The highest BCUT2D eigenvalue weighted by molar-refractivity contribution is 6.66.